The lowest BCUT2D eigenvalue weighted by Gasteiger charge is -2.00. The van der Waals surface area contributed by atoms with E-state index in [2.05, 4.69) is 0 Å². The van der Waals surface area contributed by atoms with Gasteiger partial charge in [0.25, 0.3) is 0 Å². The van der Waals surface area contributed by atoms with Gasteiger partial charge >= 0.3 is 14.7 Å². The summed E-state index contributed by atoms with van der Waals surface area (Å²) in [6.07, 6.45) is 0. The summed E-state index contributed by atoms with van der Waals surface area (Å²) in [6.45, 7) is 3.81. The van der Waals surface area contributed by atoms with Crippen molar-refractivity contribution in [2.45, 2.75) is 19.5 Å². The predicted octanol–water partition coefficient (Wildman–Crippen LogP) is 6.25. The van der Waals surface area contributed by atoms with Crippen LogP contribution in [0.2, 0.25) is 0 Å². The fourth-order valence-electron chi connectivity index (χ4n) is 0. The van der Waals surface area contributed by atoms with Crippen LogP contribution in [0.25, 0.3) is 0 Å². The highest BCUT2D eigenvalue weighted by molar-refractivity contribution is 8.33. The smallest absolute Gasteiger partial charge is 0.391 e. The van der Waals surface area contributed by atoms with E-state index >= 15 is 0 Å². The van der Waals surface area contributed by atoms with E-state index in [0.717, 1.165) is 0 Å². The number of hydrogen-bond acceptors (Lipinski definition) is 0. The van der Waals surface area contributed by atoms with Gasteiger partial charge in [-0.1, -0.05) is 0 Å². The van der Waals surface area contributed by atoms with Crippen molar-refractivity contribution in [1.82, 2.24) is 0 Å². The highest BCUT2D eigenvalue weighted by Gasteiger charge is 2.36. The number of rotatable bonds is 1. The molecule has 9 heteroatoms. The maximum Gasteiger partial charge on any atom is 0.564 e. The van der Waals surface area contributed by atoms with Gasteiger partial charge in [-0.05, 0) is 13.8 Å². The molecule has 0 saturated heterocycles. The quantitative estimate of drug-likeness (QED) is 0.388. The number of halogens is 7. The molecular weight excluding hydrogens is 342 g/mol. The maximum absolute atomic E-state index is 5.51. The highest BCUT2D eigenvalue weighted by Crippen LogP contribution is 2.76. The zero-order chi connectivity index (χ0) is 10.6. The average molecular weight is 349 g/mol. The molecular formula is C3H7AlCl7P. The summed E-state index contributed by atoms with van der Waals surface area (Å²) in [6, 6.07) is 0. The molecule has 0 aromatic heterocycles. The molecule has 0 rings (SSSR count). The Hall–Kier alpha value is 2.99. The molecule has 0 bridgehead atoms. The van der Waals surface area contributed by atoms with Crippen LogP contribution in [-0.4, -0.2) is 15.1 Å². The average Bonchev–Trinajstić information content (AvgIpc) is 1.55. The fraction of sp³-hybridized carbons (Fsp3) is 1.00. The minimum absolute atomic E-state index is 0.206. The second-order valence-electron chi connectivity index (χ2n) is 2.07. The predicted molar refractivity (Wildman–Crippen MR) is 68.8 cm³/mol. The van der Waals surface area contributed by atoms with E-state index in [1.165, 1.54) is 0 Å². The number of hydrogen-bond donors (Lipinski definition) is 0. The lowest BCUT2D eigenvalue weighted by Crippen LogP contribution is -1.91. The van der Waals surface area contributed by atoms with E-state index in [1.54, 1.807) is 0 Å². The van der Waals surface area contributed by atoms with Gasteiger partial charge in [0, 0.05) is 0 Å². The molecule has 0 nitrogen and oxygen atoms in total. The van der Waals surface area contributed by atoms with Crippen LogP contribution in [0.5, 0.6) is 0 Å². The van der Waals surface area contributed by atoms with Gasteiger partial charge in [0.1, 0.15) is 39.4 Å². The van der Waals surface area contributed by atoms with E-state index in [1.807, 2.05) is 13.8 Å². The summed E-state index contributed by atoms with van der Waals surface area (Å²) < 4.78 is 0. The first-order valence-electron chi connectivity index (χ1n) is 2.79. The molecule has 0 atom stereocenters. The molecule has 0 aliphatic rings. The monoisotopic (exact) mass is 346 g/mol. The van der Waals surface area contributed by atoms with Crippen LogP contribution in [0.1, 0.15) is 13.8 Å². The Labute approximate surface area is 107 Å². The summed E-state index contributed by atoms with van der Waals surface area (Å²) >= 11 is 16.5. The molecule has 0 aromatic carbocycles. The van der Waals surface area contributed by atoms with Crippen LogP contribution < -0.4 is 0 Å². The molecule has 0 saturated carbocycles. The Morgan fingerprint density at radius 2 is 1.00 bits per heavy atom. The molecule has 0 amide bonds. The molecule has 0 heterocycles. The molecule has 0 fully saturated rings. The molecule has 76 valence electrons. The first kappa shape index (κ1) is 17.4. The molecule has 0 aliphatic heterocycles. The van der Waals surface area contributed by atoms with Gasteiger partial charge in [-0.2, -0.15) is 0 Å². The van der Waals surface area contributed by atoms with E-state index in [4.69, 9.17) is 73.9 Å². The standard InChI is InChI=1S/C3H7Cl3P.Al.4ClH/c1-3(2)7(4,5)6;;;;;/h3H,1-2H3;;4*1H/q+1;+3;;;;/p-4. The summed E-state index contributed by atoms with van der Waals surface area (Å²) in [5.74, 6) is 0. The molecule has 0 unspecified atom stereocenters. The second-order valence-corrected chi connectivity index (χ2v) is 23.3. The topological polar surface area (TPSA) is 0 Å². The van der Waals surface area contributed by atoms with Crippen LogP contribution in [0.15, 0.2) is 0 Å². The minimum Gasteiger partial charge on any atom is -0.391 e. The van der Waals surface area contributed by atoms with Gasteiger partial charge < -0.3 is 40.2 Å². The van der Waals surface area contributed by atoms with E-state index < -0.39 is 14.7 Å². The second kappa shape index (κ2) is 7.30. The Morgan fingerprint density at radius 1 is 0.917 bits per heavy atom. The Morgan fingerprint density at radius 3 is 1.00 bits per heavy atom. The van der Waals surface area contributed by atoms with E-state index in [-0.39, 0.29) is 5.66 Å². The first-order valence-corrected chi connectivity index (χ1v) is 14.3. The van der Waals surface area contributed by atoms with Crippen LogP contribution in [-0.2, 0) is 0 Å². The van der Waals surface area contributed by atoms with Crippen molar-refractivity contribution in [2.75, 3.05) is 0 Å². The summed E-state index contributed by atoms with van der Waals surface area (Å²) in [7, 11) is 17.0. The summed E-state index contributed by atoms with van der Waals surface area (Å²) in [4.78, 5) is 0. The third-order valence-corrected chi connectivity index (χ3v) is 5.27. The van der Waals surface area contributed by atoms with Crippen LogP contribution in [0.4, 0.5) is 0 Å². The van der Waals surface area contributed by atoms with E-state index in [0.29, 0.717) is 0 Å². The van der Waals surface area contributed by atoms with Gasteiger partial charge in [-0.25, -0.2) is 0 Å². The van der Waals surface area contributed by atoms with Gasteiger partial charge in [-0.15, -0.1) is 0 Å². The largest absolute Gasteiger partial charge is 0.564 e. The molecule has 0 aromatic rings. The normalized spacial score (nSPS) is 12.5. The van der Waals surface area contributed by atoms with Gasteiger partial charge in [0.15, 0.2) is 0 Å². The fourth-order valence-corrected chi connectivity index (χ4v) is 0. The Kier molecular flexibility index (Phi) is 10.6. The first-order chi connectivity index (χ1) is 4.94. The maximum atomic E-state index is 5.51. The highest BCUT2D eigenvalue weighted by atomic mass is 36.1. The van der Waals surface area contributed by atoms with Crippen LogP contribution >= 0.6 is 79.2 Å². The van der Waals surface area contributed by atoms with Crippen molar-refractivity contribution in [3.05, 3.63) is 0 Å². The van der Waals surface area contributed by atoms with Crippen molar-refractivity contribution in [2.24, 2.45) is 0 Å². The molecule has 0 aliphatic carbocycles. The summed E-state index contributed by atoms with van der Waals surface area (Å²) in [5, 5.41) is -2.07. The molecule has 0 N–H and O–H groups in total. The molecule has 0 spiro atoms. The van der Waals surface area contributed by atoms with Crippen molar-refractivity contribution in [1.29, 1.82) is 0 Å². The van der Waals surface area contributed by atoms with Gasteiger partial charge in [0.2, 0.25) is 0 Å². The van der Waals surface area contributed by atoms with Crippen molar-refractivity contribution < 1.29 is 0 Å². The van der Waals surface area contributed by atoms with E-state index in [9.17, 15) is 0 Å². The van der Waals surface area contributed by atoms with Gasteiger partial charge in [-0.3, -0.25) is 0 Å². The lowest BCUT2D eigenvalue weighted by atomic mass is 10.6. The SMILES string of the molecule is CC(C)[P+](Cl)(Cl)Cl.[Cl][Al-]([Cl])([Cl])[Cl]. The van der Waals surface area contributed by atoms with Crippen LogP contribution in [0, 0.1) is 0 Å². The van der Waals surface area contributed by atoms with Crippen LogP contribution in [0.3, 0.4) is 0 Å². The lowest BCUT2D eigenvalue weighted by molar-refractivity contribution is 1.11. The van der Waals surface area contributed by atoms with Gasteiger partial charge in [0.05, 0.1) is 0 Å². The van der Waals surface area contributed by atoms with Crippen molar-refractivity contribution in [3.8, 4) is 0 Å². The third-order valence-electron chi connectivity index (χ3n) is 0.586. The van der Waals surface area contributed by atoms with Crippen molar-refractivity contribution in [3.63, 3.8) is 0 Å². The minimum atomic E-state index is -2.94. The van der Waals surface area contributed by atoms with Crippen molar-refractivity contribution >= 4 is 88.6 Å². The zero-order valence-electron chi connectivity index (χ0n) is 6.25. The molecule has 12 heavy (non-hydrogen) atoms. The Bertz CT molecular complexity index is 109. The zero-order valence-corrected chi connectivity index (χ0v) is 13.6. The Balaban J connectivity index is 0. The molecule has 0 radical (unpaired) electrons. The third kappa shape index (κ3) is 23.1. The summed E-state index contributed by atoms with van der Waals surface area (Å²) in [5.41, 5.74) is 0.206.